The van der Waals surface area contributed by atoms with Crippen molar-refractivity contribution in [1.82, 2.24) is 4.57 Å². The van der Waals surface area contributed by atoms with E-state index >= 15 is 0 Å². The highest BCUT2D eigenvalue weighted by molar-refractivity contribution is 5.40. The molecule has 20 heavy (non-hydrogen) atoms. The summed E-state index contributed by atoms with van der Waals surface area (Å²) in [5, 5.41) is 19.8. The van der Waals surface area contributed by atoms with Crippen LogP contribution >= 0.6 is 0 Å². The minimum absolute atomic E-state index is 0.0224. The van der Waals surface area contributed by atoms with Crippen molar-refractivity contribution in [3.63, 3.8) is 0 Å². The first kappa shape index (κ1) is 13.5. The van der Waals surface area contributed by atoms with Gasteiger partial charge in [-0.1, -0.05) is 18.2 Å². The summed E-state index contributed by atoms with van der Waals surface area (Å²) in [6, 6.07) is 11.2. The van der Waals surface area contributed by atoms with Crippen LogP contribution < -0.4 is 5.56 Å². The summed E-state index contributed by atoms with van der Waals surface area (Å²) in [5.74, 6) is 0. The molecule has 0 fully saturated rings. The van der Waals surface area contributed by atoms with Crippen LogP contribution in [0.3, 0.4) is 0 Å². The van der Waals surface area contributed by atoms with Crippen LogP contribution in [0.5, 0.6) is 0 Å². The average molecular weight is 269 g/mol. The molecule has 6 nitrogen and oxygen atoms in total. The molecule has 0 saturated carbocycles. The molecular formula is C14H11N3O3. The van der Waals surface area contributed by atoms with Crippen molar-refractivity contribution in [2.24, 2.45) is 0 Å². The Morgan fingerprint density at radius 1 is 1.30 bits per heavy atom. The van der Waals surface area contributed by atoms with Crippen LogP contribution in [0.1, 0.15) is 16.8 Å². The summed E-state index contributed by atoms with van der Waals surface area (Å²) in [4.78, 5) is 22.6. The van der Waals surface area contributed by atoms with Gasteiger partial charge < -0.3 is 4.57 Å². The standard InChI is InChI=1S/C14H11N3O3/c1-10-6-7-11(8-15)14(18)16(10)9-12-4-2-3-5-13(12)17(19)20/h2-7H,9H2,1H3. The van der Waals surface area contributed by atoms with Crippen LogP contribution in [0.25, 0.3) is 0 Å². The van der Waals surface area contributed by atoms with Gasteiger partial charge in [-0.25, -0.2) is 0 Å². The summed E-state index contributed by atoms with van der Waals surface area (Å²) >= 11 is 0. The van der Waals surface area contributed by atoms with E-state index in [1.807, 2.05) is 6.07 Å². The van der Waals surface area contributed by atoms with Crippen molar-refractivity contribution in [2.45, 2.75) is 13.5 Å². The molecule has 2 aromatic rings. The van der Waals surface area contributed by atoms with Crippen LogP contribution in [-0.4, -0.2) is 9.49 Å². The number of rotatable bonds is 3. The molecule has 0 N–H and O–H groups in total. The van der Waals surface area contributed by atoms with E-state index in [1.165, 1.54) is 16.7 Å². The summed E-state index contributed by atoms with van der Waals surface area (Å²) in [6.45, 7) is 1.79. The van der Waals surface area contributed by atoms with E-state index in [0.717, 1.165) is 0 Å². The SMILES string of the molecule is Cc1ccc(C#N)c(=O)n1Cc1ccccc1[N+](=O)[O-]. The fourth-order valence-electron chi connectivity index (χ4n) is 1.95. The number of nitro benzene ring substituents is 1. The zero-order chi connectivity index (χ0) is 14.7. The van der Waals surface area contributed by atoms with Crippen LogP contribution in [0, 0.1) is 28.4 Å². The predicted octanol–water partition coefficient (Wildman–Crippen LogP) is 1.98. The van der Waals surface area contributed by atoms with Crippen molar-refractivity contribution >= 4 is 5.69 Å². The monoisotopic (exact) mass is 269 g/mol. The van der Waals surface area contributed by atoms with E-state index < -0.39 is 10.5 Å². The maximum absolute atomic E-state index is 12.1. The third-order valence-electron chi connectivity index (χ3n) is 3.03. The highest BCUT2D eigenvalue weighted by Gasteiger charge is 2.14. The summed E-state index contributed by atoms with van der Waals surface area (Å²) in [6.07, 6.45) is 0. The maximum Gasteiger partial charge on any atom is 0.274 e. The van der Waals surface area contributed by atoms with E-state index in [4.69, 9.17) is 5.26 Å². The molecule has 0 aliphatic heterocycles. The number of hydrogen-bond donors (Lipinski definition) is 0. The van der Waals surface area contributed by atoms with Gasteiger partial charge in [-0.05, 0) is 19.1 Å². The van der Waals surface area contributed by atoms with Gasteiger partial charge in [0.05, 0.1) is 11.5 Å². The number of nitro groups is 1. The molecule has 0 unspecified atom stereocenters. The predicted molar refractivity (Wildman–Crippen MR) is 72.4 cm³/mol. The van der Waals surface area contributed by atoms with E-state index in [0.29, 0.717) is 11.3 Å². The summed E-state index contributed by atoms with van der Waals surface area (Å²) in [5.41, 5.74) is 0.617. The van der Waals surface area contributed by atoms with Crippen molar-refractivity contribution in [3.05, 3.63) is 73.7 Å². The molecule has 0 radical (unpaired) electrons. The van der Waals surface area contributed by atoms with Gasteiger partial charge in [0.25, 0.3) is 11.2 Å². The first-order valence-corrected chi connectivity index (χ1v) is 5.87. The molecule has 1 heterocycles. The number of pyridine rings is 1. The lowest BCUT2D eigenvalue weighted by atomic mass is 10.1. The number of nitrogens with zero attached hydrogens (tertiary/aromatic N) is 3. The van der Waals surface area contributed by atoms with Gasteiger partial charge in [-0.15, -0.1) is 0 Å². The first-order chi connectivity index (χ1) is 9.54. The molecule has 0 amide bonds. The molecule has 0 spiro atoms. The number of benzene rings is 1. The molecule has 0 aliphatic carbocycles. The van der Waals surface area contributed by atoms with Gasteiger partial charge in [-0.3, -0.25) is 14.9 Å². The smallest absolute Gasteiger partial charge is 0.274 e. The lowest BCUT2D eigenvalue weighted by molar-refractivity contribution is -0.385. The van der Waals surface area contributed by atoms with Gasteiger partial charge in [0.1, 0.15) is 11.6 Å². The fourth-order valence-corrected chi connectivity index (χ4v) is 1.95. The Morgan fingerprint density at radius 3 is 2.65 bits per heavy atom. The second kappa shape index (κ2) is 5.36. The fraction of sp³-hybridized carbons (Fsp3) is 0.143. The Balaban J connectivity index is 2.54. The van der Waals surface area contributed by atoms with Gasteiger partial charge in [0.15, 0.2) is 0 Å². The van der Waals surface area contributed by atoms with Gasteiger partial charge in [0, 0.05) is 17.3 Å². The summed E-state index contributed by atoms with van der Waals surface area (Å²) in [7, 11) is 0. The second-order valence-electron chi connectivity index (χ2n) is 4.28. The van der Waals surface area contributed by atoms with E-state index in [9.17, 15) is 14.9 Å². The largest absolute Gasteiger partial charge is 0.307 e. The van der Waals surface area contributed by atoms with Crippen LogP contribution in [-0.2, 0) is 6.54 Å². The Bertz CT molecular complexity index is 772. The Kier molecular flexibility index (Phi) is 3.62. The second-order valence-corrected chi connectivity index (χ2v) is 4.28. The first-order valence-electron chi connectivity index (χ1n) is 5.87. The summed E-state index contributed by atoms with van der Waals surface area (Å²) < 4.78 is 1.36. The number of para-hydroxylation sites is 1. The number of nitriles is 1. The third-order valence-corrected chi connectivity index (χ3v) is 3.03. The highest BCUT2D eigenvalue weighted by Crippen LogP contribution is 2.18. The quantitative estimate of drug-likeness (QED) is 0.629. The average Bonchev–Trinajstić information content (AvgIpc) is 2.44. The van der Waals surface area contributed by atoms with Gasteiger partial charge in [0.2, 0.25) is 0 Å². The molecule has 2 rings (SSSR count). The zero-order valence-corrected chi connectivity index (χ0v) is 10.7. The molecule has 0 bridgehead atoms. The Hall–Kier alpha value is -2.94. The molecule has 0 atom stereocenters. The zero-order valence-electron chi connectivity index (χ0n) is 10.7. The van der Waals surface area contributed by atoms with Crippen LogP contribution in [0.15, 0.2) is 41.2 Å². The number of aryl methyl sites for hydroxylation is 1. The Morgan fingerprint density at radius 2 is 2.00 bits per heavy atom. The number of hydrogen-bond acceptors (Lipinski definition) is 4. The highest BCUT2D eigenvalue weighted by atomic mass is 16.6. The van der Waals surface area contributed by atoms with Crippen LogP contribution in [0.2, 0.25) is 0 Å². The topological polar surface area (TPSA) is 88.9 Å². The Labute approximate surface area is 114 Å². The molecular weight excluding hydrogens is 258 g/mol. The number of aromatic nitrogens is 1. The van der Waals surface area contributed by atoms with Crippen molar-refractivity contribution in [2.75, 3.05) is 0 Å². The lowest BCUT2D eigenvalue weighted by Gasteiger charge is -2.10. The molecule has 0 aliphatic rings. The van der Waals surface area contributed by atoms with Crippen molar-refractivity contribution in [1.29, 1.82) is 5.26 Å². The van der Waals surface area contributed by atoms with E-state index in [2.05, 4.69) is 0 Å². The third kappa shape index (κ3) is 2.42. The van der Waals surface area contributed by atoms with Gasteiger partial charge in [-0.2, -0.15) is 5.26 Å². The minimum Gasteiger partial charge on any atom is -0.307 e. The molecule has 1 aromatic carbocycles. The van der Waals surface area contributed by atoms with E-state index in [-0.39, 0.29) is 17.8 Å². The lowest BCUT2D eigenvalue weighted by Crippen LogP contribution is -2.25. The minimum atomic E-state index is -0.482. The molecule has 100 valence electrons. The molecule has 0 saturated heterocycles. The maximum atomic E-state index is 12.1. The molecule has 6 heteroatoms. The van der Waals surface area contributed by atoms with Crippen molar-refractivity contribution in [3.8, 4) is 6.07 Å². The molecule has 1 aromatic heterocycles. The normalized spacial score (nSPS) is 10.0. The van der Waals surface area contributed by atoms with Crippen molar-refractivity contribution < 1.29 is 4.92 Å². The van der Waals surface area contributed by atoms with E-state index in [1.54, 1.807) is 31.2 Å². The van der Waals surface area contributed by atoms with Gasteiger partial charge >= 0.3 is 0 Å². The van der Waals surface area contributed by atoms with Crippen LogP contribution in [0.4, 0.5) is 5.69 Å².